The van der Waals surface area contributed by atoms with Crippen molar-refractivity contribution in [3.8, 4) is 0 Å². The molecule has 1 aliphatic rings. The minimum atomic E-state index is -0.276. The second kappa shape index (κ2) is 10.9. The summed E-state index contributed by atoms with van der Waals surface area (Å²) < 4.78 is 12.9. The van der Waals surface area contributed by atoms with Gasteiger partial charge in [-0.15, -0.1) is 0 Å². The standard InChI is InChI=1S/C20H30FN3O2/c1-2-3-4-11-22-19(25)15-24-12-9-17(10-13-24)20(26)23-14-16-5-7-18(21)8-6-16/h5-8,17H,2-4,9-15H2,1H3,(H,22,25)(H,23,26). The van der Waals surface area contributed by atoms with Gasteiger partial charge in [-0.3, -0.25) is 14.5 Å². The Morgan fingerprint density at radius 2 is 1.81 bits per heavy atom. The van der Waals surface area contributed by atoms with Gasteiger partial charge < -0.3 is 10.6 Å². The summed E-state index contributed by atoms with van der Waals surface area (Å²) in [5, 5.41) is 5.88. The molecule has 0 bridgehead atoms. The second-order valence-electron chi connectivity index (χ2n) is 6.95. The van der Waals surface area contributed by atoms with Gasteiger partial charge in [0.15, 0.2) is 0 Å². The van der Waals surface area contributed by atoms with E-state index in [0.717, 1.165) is 57.3 Å². The van der Waals surface area contributed by atoms with Gasteiger partial charge in [0, 0.05) is 19.0 Å². The number of carbonyl (C=O) groups excluding carboxylic acids is 2. The van der Waals surface area contributed by atoms with Gasteiger partial charge in [-0.2, -0.15) is 0 Å². The van der Waals surface area contributed by atoms with Crippen LogP contribution in [-0.4, -0.2) is 42.9 Å². The molecular formula is C20H30FN3O2. The number of unbranched alkanes of at least 4 members (excludes halogenated alkanes) is 2. The summed E-state index contributed by atoms with van der Waals surface area (Å²) in [7, 11) is 0. The van der Waals surface area contributed by atoms with E-state index in [9.17, 15) is 14.0 Å². The van der Waals surface area contributed by atoms with Gasteiger partial charge in [0.1, 0.15) is 5.82 Å². The molecule has 0 aliphatic carbocycles. The van der Waals surface area contributed by atoms with Crippen molar-refractivity contribution in [3.63, 3.8) is 0 Å². The lowest BCUT2D eigenvalue weighted by atomic mass is 9.96. The van der Waals surface area contributed by atoms with Crippen LogP contribution in [0.5, 0.6) is 0 Å². The minimum absolute atomic E-state index is 0.0145. The van der Waals surface area contributed by atoms with E-state index in [1.807, 2.05) is 0 Å². The molecular weight excluding hydrogens is 333 g/mol. The van der Waals surface area contributed by atoms with Crippen molar-refractivity contribution in [2.45, 2.75) is 45.6 Å². The molecule has 2 rings (SSSR count). The monoisotopic (exact) mass is 363 g/mol. The SMILES string of the molecule is CCCCCNC(=O)CN1CCC(C(=O)NCc2ccc(F)cc2)CC1. The molecule has 1 heterocycles. The molecule has 6 heteroatoms. The number of piperidine rings is 1. The van der Waals surface area contributed by atoms with E-state index in [-0.39, 0.29) is 23.5 Å². The van der Waals surface area contributed by atoms with Crippen LogP contribution < -0.4 is 10.6 Å². The van der Waals surface area contributed by atoms with Gasteiger partial charge >= 0.3 is 0 Å². The highest BCUT2D eigenvalue weighted by molar-refractivity contribution is 5.79. The average molecular weight is 363 g/mol. The Kier molecular flexibility index (Phi) is 8.54. The predicted molar refractivity (Wildman–Crippen MR) is 99.9 cm³/mol. The van der Waals surface area contributed by atoms with E-state index < -0.39 is 0 Å². The highest BCUT2D eigenvalue weighted by Crippen LogP contribution is 2.17. The van der Waals surface area contributed by atoms with Crippen molar-refractivity contribution in [1.29, 1.82) is 0 Å². The van der Waals surface area contributed by atoms with Crippen LogP contribution in [0.15, 0.2) is 24.3 Å². The molecule has 1 fully saturated rings. The van der Waals surface area contributed by atoms with Crippen molar-refractivity contribution in [3.05, 3.63) is 35.6 Å². The smallest absolute Gasteiger partial charge is 0.234 e. The van der Waals surface area contributed by atoms with Gasteiger partial charge in [-0.05, 0) is 50.0 Å². The summed E-state index contributed by atoms with van der Waals surface area (Å²) >= 11 is 0. The lowest BCUT2D eigenvalue weighted by molar-refractivity contribution is -0.127. The van der Waals surface area contributed by atoms with Crippen molar-refractivity contribution in [2.24, 2.45) is 5.92 Å². The van der Waals surface area contributed by atoms with Gasteiger partial charge in [-0.1, -0.05) is 31.9 Å². The number of nitrogens with zero attached hydrogens (tertiary/aromatic N) is 1. The zero-order valence-electron chi connectivity index (χ0n) is 15.6. The van der Waals surface area contributed by atoms with Gasteiger partial charge in [0.25, 0.3) is 0 Å². The van der Waals surface area contributed by atoms with Crippen LogP contribution in [0.4, 0.5) is 4.39 Å². The van der Waals surface area contributed by atoms with E-state index in [1.165, 1.54) is 12.1 Å². The van der Waals surface area contributed by atoms with Crippen LogP contribution in [0.3, 0.4) is 0 Å². The average Bonchev–Trinajstić information content (AvgIpc) is 2.65. The first-order valence-corrected chi connectivity index (χ1v) is 9.59. The molecule has 1 aromatic rings. The number of halogens is 1. The fourth-order valence-corrected chi connectivity index (χ4v) is 3.15. The molecule has 0 radical (unpaired) electrons. The zero-order chi connectivity index (χ0) is 18.8. The molecule has 1 aromatic carbocycles. The maximum atomic E-state index is 12.9. The van der Waals surface area contributed by atoms with Crippen molar-refractivity contribution >= 4 is 11.8 Å². The van der Waals surface area contributed by atoms with Crippen LogP contribution in [0.1, 0.15) is 44.6 Å². The third-order valence-electron chi connectivity index (χ3n) is 4.81. The quantitative estimate of drug-likeness (QED) is 0.663. The summed E-state index contributed by atoms with van der Waals surface area (Å²) in [4.78, 5) is 26.3. The van der Waals surface area contributed by atoms with Crippen LogP contribution in [0.25, 0.3) is 0 Å². The summed E-state index contributed by atoms with van der Waals surface area (Å²) in [6.07, 6.45) is 4.83. The van der Waals surface area contributed by atoms with E-state index in [4.69, 9.17) is 0 Å². The van der Waals surface area contributed by atoms with Crippen molar-refractivity contribution in [2.75, 3.05) is 26.2 Å². The van der Waals surface area contributed by atoms with Gasteiger partial charge in [0.2, 0.25) is 11.8 Å². The van der Waals surface area contributed by atoms with E-state index in [0.29, 0.717) is 13.1 Å². The number of likely N-dealkylation sites (tertiary alicyclic amines) is 1. The van der Waals surface area contributed by atoms with Crippen molar-refractivity contribution in [1.82, 2.24) is 15.5 Å². The van der Waals surface area contributed by atoms with E-state index >= 15 is 0 Å². The first kappa shape index (κ1) is 20.4. The Morgan fingerprint density at radius 1 is 1.12 bits per heavy atom. The number of benzene rings is 1. The van der Waals surface area contributed by atoms with E-state index in [1.54, 1.807) is 12.1 Å². The lowest BCUT2D eigenvalue weighted by Crippen LogP contribution is -2.44. The van der Waals surface area contributed by atoms with Gasteiger partial charge in [-0.25, -0.2) is 4.39 Å². The summed E-state index contributed by atoms with van der Waals surface area (Å²) in [6, 6.07) is 6.15. The Hall–Kier alpha value is -1.95. The topological polar surface area (TPSA) is 61.4 Å². The molecule has 26 heavy (non-hydrogen) atoms. The highest BCUT2D eigenvalue weighted by atomic mass is 19.1. The van der Waals surface area contributed by atoms with Gasteiger partial charge in [0.05, 0.1) is 6.54 Å². The Morgan fingerprint density at radius 3 is 2.46 bits per heavy atom. The first-order chi connectivity index (χ1) is 12.6. The molecule has 2 N–H and O–H groups in total. The number of nitrogens with one attached hydrogen (secondary N) is 2. The molecule has 0 saturated carbocycles. The van der Waals surface area contributed by atoms with Crippen molar-refractivity contribution < 1.29 is 14.0 Å². The summed E-state index contributed by atoms with van der Waals surface area (Å²) in [5.74, 6) is -0.181. The number of hydrogen-bond donors (Lipinski definition) is 2. The number of amides is 2. The number of rotatable bonds is 9. The molecule has 0 aromatic heterocycles. The zero-order valence-corrected chi connectivity index (χ0v) is 15.6. The third kappa shape index (κ3) is 7.12. The van der Waals surface area contributed by atoms with E-state index in [2.05, 4.69) is 22.5 Å². The molecule has 5 nitrogen and oxygen atoms in total. The maximum absolute atomic E-state index is 12.9. The summed E-state index contributed by atoms with van der Waals surface area (Å²) in [6.45, 7) is 5.24. The van der Waals surface area contributed by atoms with Crippen LogP contribution in [-0.2, 0) is 16.1 Å². The minimum Gasteiger partial charge on any atom is -0.355 e. The number of carbonyl (C=O) groups is 2. The Labute approximate surface area is 155 Å². The molecule has 2 amide bonds. The first-order valence-electron chi connectivity index (χ1n) is 9.59. The molecule has 1 aliphatic heterocycles. The molecule has 0 atom stereocenters. The summed E-state index contributed by atoms with van der Waals surface area (Å²) in [5.41, 5.74) is 0.886. The molecule has 1 saturated heterocycles. The molecule has 0 spiro atoms. The third-order valence-corrected chi connectivity index (χ3v) is 4.81. The lowest BCUT2D eigenvalue weighted by Gasteiger charge is -2.30. The highest BCUT2D eigenvalue weighted by Gasteiger charge is 2.25. The fourth-order valence-electron chi connectivity index (χ4n) is 3.15. The molecule has 0 unspecified atom stereocenters. The second-order valence-corrected chi connectivity index (χ2v) is 6.95. The van der Waals surface area contributed by atoms with Crippen LogP contribution >= 0.6 is 0 Å². The predicted octanol–water partition coefficient (Wildman–Crippen LogP) is 2.46. The maximum Gasteiger partial charge on any atom is 0.234 e. The van der Waals surface area contributed by atoms with Crippen LogP contribution in [0, 0.1) is 11.7 Å². The fraction of sp³-hybridized carbons (Fsp3) is 0.600. The molecule has 144 valence electrons. The normalized spacial score (nSPS) is 15.6. The largest absolute Gasteiger partial charge is 0.355 e. The number of hydrogen-bond acceptors (Lipinski definition) is 3. The Balaban J connectivity index is 1.63. The Bertz CT molecular complexity index is 569. The van der Waals surface area contributed by atoms with Crippen LogP contribution in [0.2, 0.25) is 0 Å².